The molecule has 8 heteroatoms. The van der Waals surface area contributed by atoms with E-state index in [-0.39, 0.29) is 17.9 Å². The Labute approximate surface area is 161 Å². The van der Waals surface area contributed by atoms with Crippen molar-refractivity contribution in [2.24, 2.45) is 37.9 Å². The monoisotopic (exact) mass is 372 g/mol. The van der Waals surface area contributed by atoms with Gasteiger partial charge in [-0.05, 0) is 57.1 Å². The number of aliphatic imine (C=N–C) groups is 3. The minimum atomic E-state index is -0.0327. The summed E-state index contributed by atoms with van der Waals surface area (Å²) in [4.78, 5) is 15.0. The predicted molar refractivity (Wildman–Crippen MR) is 113 cm³/mol. The number of rotatable bonds is 9. The lowest BCUT2D eigenvalue weighted by atomic mass is 9.92. The molecule has 0 aliphatic carbocycles. The first-order valence-corrected chi connectivity index (χ1v) is 9.46. The van der Waals surface area contributed by atoms with Crippen LogP contribution >= 0.6 is 0 Å². The van der Waals surface area contributed by atoms with Gasteiger partial charge in [0.25, 0.3) is 0 Å². The van der Waals surface area contributed by atoms with E-state index in [9.17, 15) is 0 Å². The molecule has 1 aliphatic heterocycles. The van der Waals surface area contributed by atoms with Crippen molar-refractivity contribution in [3.05, 3.63) is 35.4 Å². The van der Waals surface area contributed by atoms with Gasteiger partial charge in [0.05, 0.1) is 6.04 Å². The highest BCUT2D eigenvalue weighted by Gasteiger charge is 2.21. The number of hydrogen-bond acceptors (Lipinski definition) is 6. The van der Waals surface area contributed by atoms with E-state index >= 15 is 0 Å². The van der Waals surface area contributed by atoms with E-state index in [1.165, 1.54) is 11.1 Å². The van der Waals surface area contributed by atoms with Crippen molar-refractivity contribution in [1.82, 2.24) is 4.90 Å². The van der Waals surface area contributed by atoms with Crippen molar-refractivity contribution in [1.29, 1.82) is 0 Å². The van der Waals surface area contributed by atoms with Gasteiger partial charge in [-0.3, -0.25) is 4.90 Å². The van der Waals surface area contributed by atoms with Gasteiger partial charge in [0, 0.05) is 18.7 Å². The predicted octanol–water partition coefficient (Wildman–Crippen LogP) is 0.372. The summed E-state index contributed by atoms with van der Waals surface area (Å²) in [5.74, 6) is 0.406. The smallest absolute Gasteiger partial charge is 0.247 e. The SMILES string of the molecule is CC1N=C(N=C(N)N)N=CC1c1ccc(CN(CCCN)CCCN)cc1. The molecular formula is C19H32N8. The first kappa shape index (κ1) is 21.0. The Balaban J connectivity index is 2.01. The standard InChI is InChI=1S/C19H32N8/c1-14-17(12-24-19(25-14)26-18(22)23)16-6-4-15(5-7-16)13-27(10-2-8-20)11-3-9-21/h4-7,12,14,17H,2-3,8-11,13,20-21H2,1H3,(H4,22,23,25,26). The van der Waals surface area contributed by atoms with Crippen LogP contribution in [0.2, 0.25) is 0 Å². The molecule has 27 heavy (non-hydrogen) atoms. The fourth-order valence-corrected chi connectivity index (χ4v) is 3.11. The van der Waals surface area contributed by atoms with Gasteiger partial charge in [-0.15, -0.1) is 0 Å². The van der Waals surface area contributed by atoms with Crippen molar-refractivity contribution in [2.45, 2.75) is 38.3 Å². The van der Waals surface area contributed by atoms with Crippen LogP contribution in [0.5, 0.6) is 0 Å². The fourth-order valence-electron chi connectivity index (χ4n) is 3.11. The zero-order chi connectivity index (χ0) is 19.6. The molecule has 2 unspecified atom stereocenters. The van der Waals surface area contributed by atoms with Crippen LogP contribution in [0.25, 0.3) is 0 Å². The van der Waals surface area contributed by atoms with Crippen LogP contribution in [0.4, 0.5) is 0 Å². The summed E-state index contributed by atoms with van der Waals surface area (Å²) in [6.07, 6.45) is 3.85. The van der Waals surface area contributed by atoms with Crippen LogP contribution in [-0.4, -0.2) is 55.3 Å². The van der Waals surface area contributed by atoms with E-state index in [4.69, 9.17) is 22.9 Å². The summed E-state index contributed by atoms with van der Waals surface area (Å²) in [7, 11) is 0. The Morgan fingerprint density at radius 2 is 1.70 bits per heavy atom. The van der Waals surface area contributed by atoms with Crippen molar-refractivity contribution < 1.29 is 0 Å². The highest BCUT2D eigenvalue weighted by molar-refractivity contribution is 5.99. The lowest BCUT2D eigenvalue weighted by molar-refractivity contribution is 0.262. The van der Waals surface area contributed by atoms with Crippen molar-refractivity contribution in [2.75, 3.05) is 26.2 Å². The second-order valence-corrected chi connectivity index (χ2v) is 6.81. The molecule has 0 aromatic heterocycles. The Morgan fingerprint density at radius 3 is 2.22 bits per heavy atom. The van der Waals surface area contributed by atoms with Gasteiger partial charge >= 0.3 is 0 Å². The second kappa shape index (κ2) is 10.8. The molecule has 0 fully saturated rings. The molecule has 0 amide bonds. The second-order valence-electron chi connectivity index (χ2n) is 6.81. The molecular weight excluding hydrogens is 340 g/mol. The topological polar surface area (TPSA) is 144 Å². The third kappa shape index (κ3) is 6.74. The molecule has 1 heterocycles. The van der Waals surface area contributed by atoms with Gasteiger partial charge in [-0.25, -0.2) is 9.98 Å². The minimum Gasteiger partial charge on any atom is -0.370 e. The summed E-state index contributed by atoms with van der Waals surface area (Å²) in [5, 5.41) is 0. The number of hydrogen-bond donors (Lipinski definition) is 4. The first-order valence-electron chi connectivity index (χ1n) is 9.46. The highest BCUT2D eigenvalue weighted by Crippen LogP contribution is 2.24. The molecule has 2 atom stereocenters. The molecule has 1 aliphatic rings. The summed E-state index contributed by atoms with van der Waals surface area (Å²) in [5.41, 5.74) is 24.5. The van der Waals surface area contributed by atoms with E-state index < -0.39 is 0 Å². The molecule has 8 nitrogen and oxygen atoms in total. The highest BCUT2D eigenvalue weighted by atomic mass is 15.1. The number of nitrogens with zero attached hydrogens (tertiary/aromatic N) is 4. The molecule has 0 saturated heterocycles. The Kier molecular flexibility index (Phi) is 8.38. The van der Waals surface area contributed by atoms with Crippen LogP contribution in [0, 0.1) is 0 Å². The Hall–Kier alpha value is -2.29. The zero-order valence-electron chi connectivity index (χ0n) is 16.1. The number of nitrogens with two attached hydrogens (primary N) is 4. The maximum atomic E-state index is 5.65. The molecule has 0 bridgehead atoms. The molecule has 0 radical (unpaired) electrons. The van der Waals surface area contributed by atoms with E-state index in [1.54, 1.807) is 0 Å². The maximum absolute atomic E-state index is 5.65. The lowest BCUT2D eigenvalue weighted by Gasteiger charge is -2.23. The van der Waals surface area contributed by atoms with Crippen LogP contribution < -0.4 is 22.9 Å². The maximum Gasteiger partial charge on any atom is 0.247 e. The third-order valence-corrected chi connectivity index (χ3v) is 4.55. The quantitative estimate of drug-likeness (QED) is 0.366. The summed E-state index contributed by atoms with van der Waals surface area (Å²) >= 11 is 0. The third-order valence-electron chi connectivity index (χ3n) is 4.55. The van der Waals surface area contributed by atoms with Gasteiger partial charge in [-0.2, -0.15) is 4.99 Å². The van der Waals surface area contributed by atoms with Crippen molar-refractivity contribution in [3.8, 4) is 0 Å². The summed E-state index contributed by atoms with van der Waals surface area (Å²) in [6, 6.07) is 8.66. The van der Waals surface area contributed by atoms with Gasteiger partial charge < -0.3 is 22.9 Å². The van der Waals surface area contributed by atoms with E-state index in [2.05, 4.69) is 44.1 Å². The molecule has 0 saturated carbocycles. The van der Waals surface area contributed by atoms with Crippen LogP contribution in [0.3, 0.4) is 0 Å². The summed E-state index contributed by atoms with van der Waals surface area (Å²) < 4.78 is 0. The number of guanidine groups is 2. The van der Waals surface area contributed by atoms with Crippen LogP contribution in [0.1, 0.15) is 36.8 Å². The average Bonchev–Trinajstić information content (AvgIpc) is 2.64. The van der Waals surface area contributed by atoms with Gasteiger partial charge in [-0.1, -0.05) is 24.3 Å². The summed E-state index contributed by atoms with van der Waals surface area (Å²) in [6.45, 7) is 6.34. The van der Waals surface area contributed by atoms with Crippen LogP contribution in [-0.2, 0) is 6.54 Å². The van der Waals surface area contributed by atoms with E-state index in [1.807, 2.05) is 13.1 Å². The van der Waals surface area contributed by atoms with Gasteiger partial charge in [0.15, 0.2) is 5.96 Å². The van der Waals surface area contributed by atoms with E-state index in [0.29, 0.717) is 19.0 Å². The van der Waals surface area contributed by atoms with Crippen molar-refractivity contribution in [3.63, 3.8) is 0 Å². The average molecular weight is 373 g/mol. The molecule has 0 spiro atoms. The lowest BCUT2D eigenvalue weighted by Crippen LogP contribution is -2.28. The zero-order valence-corrected chi connectivity index (χ0v) is 16.1. The molecule has 1 aromatic carbocycles. The van der Waals surface area contributed by atoms with Crippen LogP contribution in [0.15, 0.2) is 39.2 Å². The first-order chi connectivity index (χ1) is 13.0. The molecule has 8 N–H and O–H groups in total. The normalized spacial score (nSPS) is 19.2. The van der Waals surface area contributed by atoms with Crippen molar-refractivity contribution >= 4 is 18.1 Å². The molecule has 148 valence electrons. The Morgan fingerprint density at radius 1 is 1.07 bits per heavy atom. The number of benzene rings is 1. The van der Waals surface area contributed by atoms with Gasteiger partial charge in [0.1, 0.15) is 0 Å². The largest absolute Gasteiger partial charge is 0.370 e. The molecule has 2 rings (SSSR count). The fraction of sp³-hybridized carbons (Fsp3) is 0.526. The Bertz CT molecular complexity index is 653. The minimum absolute atomic E-state index is 0.0251. The van der Waals surface area contributed by atoms with E-state index in [0.717, 1.165) is 32.5 Å². The molecule has 1 aromatic rings. The van der Waals surface area contributed by atoms with Gasteiger partial charge in [0.2, 0.25) is 5.96 Å².